The Morgan fingerprint density at radius 2 is 2.05 bits per heavy atom. The lowest BCUT2D eigenvalue weighted by Gasteiger charge is -2.49. The van der Waals surface area contributed by atoms with Gasteiger partial charge in [0.1, 0.15) is 17.1 Å². The van der Waals surface area contributed by atoms with Crippen molar-refractivity contribution in [1.29, 1.82) is 0 Å². The summed E-state index contributed by atoms with van der Waals surface area (Å²) in [4.78, 5) is 0. The highest BCUT2D eigenvalue weighted by molar-refractivity contribution is 9.10. The molecule has 0 spiro atoms. The lowest BCUT2D eigenvalue weighted by molar-refractivity contribution is -0.0152. The molecule has 1 heterocycles. The molecular weight excluding hydrogens is 316 g/mol. The summed E-state index contributed by atoms with van der Waals surface area (Å²) >= 11 is 3.65. The van der Waals surface area contributed by atoms with Crippen molar-refractivity contribution >= 4 is 15.9 Å². The van der Waals surface area contributed by atoms with Crippen LogP contribution < -0.4 is 9.47 Å². The molecule has 0 unspecified atom stereocenters. The number of methoxy groups -OCH3 is 1. The van der Waals surface area contributed by atoms with E-state index in [1.807, 2.05) is 6.07 Å². The second-order valence-corrected chi connectivity index (χ2v) is 7.68. The van der Waals surface area contributed by atoms with Crippen LogP contribution >= 0.6 is 15.9 Å². The Labute approximate surface area is 130 Å². The van der Waals surface area contributed by atoms with Crippen molar-refractivity contribution in [3.05, 3.63) is 22.2 Å². The molecular formula is C17H23BrO2. The number of halogens is 1. The maximum atomic E-state index is 6.37. The quantitative estimate of drug-likeness (QED) is 0.705. The maximum absolute atomic E-state index is 6.37. The molecule has 2 nitrogen and oxygen atoms in total. The minimum absolute atomic E-state index is 0.104. The van der Waals surface area contributed by atoms with Crippen LogP contribution in [0.15, 0.2) is 16.6 Å². The third-order valence-electron chi connectivity index (χ3n) is 5.07. The van der Waals surface area contributed by atoms with E-state index in [-0.39, 0.29) is 5.60 Å². The van der Waals surface area contributed by atoms with E-state index in [9.17, 15) is 0 Å². The average molecular weight is 339 g/mol. The van der Waals surface area contributed by atoms with Gasteiger partial charge in [-0.2, -0.15) is 0 Å². The highest BCUT2D eigenvalue weighted by Gasteiger charge is 2.47. The fourth-order valence-corrected chi connectivity index (χ4v) is 4.49. The first-order valence-electron chi connectivity index (χ1n) is 7.49. The lowest BCUT2D eigenvalue weighted by Crippen LogP contribution is -2.46. The zero-order valence-electron chi connectivity index (χ0n) is 12.7. The van der Waals surface area contributed by atoms with E-state index in [1.165, 1.54) is 24.8 Å². The normalized spacial score (nSPS) is 30.9. The van der Waals surface area contributed by atoms with Crippen molar-refractivity contribution in [1.82, 2.24) is 0 Å². The van der Waals surface area contributed by atoms with E-state index in [1.54, 1.807) is 7.11 Å². The van der Waals surface area contributed by atoms with Crippen LogP contribution in [0, 0.1) is 11.8 Å². The minimum atomic E-state index is -0.104. The number of hydrogen-bond acceptors (Lipinski definition) is 2. The van der Waals surface area contributed by atoms with Crippen molar-refractivity contribution in [3.63, 3.8) is 0 Å². The number of fused-ring (bicyclic) bond motifs is 3. The first-order chi connectivity index (χ1) is 9.44. The van der Waals surface area contributed by atoms with Crippen LogP contribution in [-0.4, -0.2) is 12.7 Å². The van der Waals surface area contributed by atoms with Crippen molar-refractivity contribution in [2.75, 3.05) is 7.11 Å². The second kappa shape index (κ2) is 4.94. The van der Waals surface area contributed by atoms with Crippen molar-refractivity contribution in [2.24, 2.45) is 11.8 Å². The molecule has 1 fully saturated rings. The van der Waals surface area contributed by atoms with Gasteiger partial charge < -0.3 is 9.47 Å². The largest absolute Gasteiger partial charge is 0.496 e. The smallest absolute Gasteiger partial charge is 0.141 e. The topological polar surface area (TPSA) is 18.5 Å². The summed E-state index contributed by atoms with van der Waals surface area (Å²) in [5.41, 5.74) is 1.17. The van der Waals surface area contributed by atoms with Gasteiger partial charge in [-0.15, -0.1) is 0 Å². The standard InChI is InChI=1S/C17H23BrO2/c1-10-5-6-12-11(9-10)15-14(19-4)8-7-13(18)16(15)20-17(12,2)3/h7-8,10-12H,5-6,9H2,1-4H3/t10-,11-,12-/m1/s1. The summed E-state index contributed by atoms with van der Waals surface area (Å²) < 4.78 is 13.0. The van der Waals surface area contributed by atoms with Crippen molar-refractivity contribution in [3.8, 4) is 11.5 Å². The number of rotatable bonds is 1. The average Bonchev–Trinajstić information content (AvgIpc) is 2.39. The van der Waals surface area contributed by atoms with Gasteiger partial charge >= 0.3 is 0 Å². The fourth-order valence-electron chi connectivity index (χ4n) is 4.06. The van der Waals surface area contributed by atoms with Gasteiger partial charge in [0.25, 0.3) is 0 Å². The monoisotopic (exact) mass is 338 g/mol. The molecule has 3 atom stereocenters. The van der Waals surface area contributed by atoms with Gasteiger partial charge in [-0.1, -0.05) is 13.3 Å². The molecule has 1 aliphatic heterocycles. The molecule has 20 heavy (non-hydrogen) atoms. The predicted molar refractivity (Wildman–Crippen MR) is 84.6 cm³/mol. The van der Waals surface area contributed by atoms with Crippen LogP contribution in [0.5, 0.6) is 11.5 Å². The Balaban J connectivity index is 2.16. The SMILES string of the molecule is COc1ccc(Br)c2c1[C@@H]1C[C@H](C)CC[C@H]1C(C)(C)O2. The first kappa shape index (κ1) is 14.2. The highest BCUT2D eigenvalue weighted by atomic mass is 79.9. The van der Waals surface area contributed by atoms with Crippen molar-refractivity contribution in [2.45, 2.75) is 51.6 Å². The van der Waals surface area contributed by atoms with Gasteiger partial charge in [0.05, 0.1) is 11.6 Å². The van der Waals surface area contributed by atoms with Gasteiger partial charge in [-0.05, 0) is 66.6 Å². The molecule has 1 aliphatic carbocycles. The second-order valence-electron chi connectivity index (χ2n) is 6.83. The number of hydrogen-bond donors (Lipinski definition) is 0. The lowest BCUT2D eigenvalue weighted by atomic mass is 9.64. The zero-order chi connectivity index (χ0) is 14.5. The van der Waals surface area contributed by atoms with E-state index >= 15 is 0 Å². The summed E-state index contributed by atoms with van der Waals surface area (Å²) in [7, 11) is 1.75. The van der Waals surface area contributed by atoms with Crippen LogP contribution in [0.2, 0.25) is 0 Å². The Morgan fingerprint density at radius 3 is 2.75 bits per heavy atom. The van der Waals surface area contributed by atoms with Crippen LogP contribution in [0.3, 0.4) is 0 Å². The molecule has 0 N–H and O–H groups in total. The van der Waals surface area contributed by atoms with E-state index < -0.39 is 0 Å². The molecule has 0 saturated heterocycles. The van der Waals surface area contributed by atoms with E-state index in [4.69, 9.17) is 9.47 Å². The summed E-state index contributed by atoms with van der Waals surface area (Å²) in [5.74, 6) is 3.87. The van der Waals surface area contributed by atoms with Crippen molar-refractivity contribution < 1.29 is 9.47 Å². The Hall–Kier alpha value is -0.700. The number of ether oxygens (including phenoxy) is 2. The predicted octanol–water partition coefficient (Wildman–Crippen LogP) is 5.15. The van der Waals surface area contributed by atoms with Crippen LogP contribution in [0.4, 0.5) is 0 Å². The van der Waals surface area contributed by atoms with Gasteiger partial charge in [-0.25, -0.2) is 0 Å². The zero-order valence-corrected chi connectivity index (χ0v) is 14.3. The van der Waals surface area contributed by atoms with E-state index in [2.05, 4.69) is 42.8 Å². The number of benzene rings is 1. The fraction of sp³-hybridized carbons (Fsp3) is 0.647. The van der Waals surface area contributed by atoms with Gasteiger partial charge in [0.15, 0.2) is 0 Å². The third-order valence-corrected chi connectivity index (χ3v) is 5.69. The Kier molecular flexibility index (Phi) is 3.52. The Bertz CT molecular complexity index is 524. The third kappa shape index (κ3) is 2.14. The van der Waals surface area contributed by atoms with E-state index in [0.29, 0.717) is 11.8 Å². The van der Waals surface area contributed by atoms with Gasteiger partial charge in [0, 0.05) is 11.5 Å². The molecule has 2 aliphatic rings. The molecule has 0 radical (unpaired) electrons. The van der Waals surface area contributed by atoms with E-state index in [0.717, 1.165) is 21.9 Å². The van der Waals surface area contributed by atoms with Gasteiger partial charge in [-0.3, -0.25) is 0 Å². The Morgan fingerprint density at radius 1 is 1.30 bits per heavy atom. The summed E-state index contributed by atoms with van der Waals surface area (Å²) in [6.45, 7) is 6.83. The van der Waals surface area contributed by atoms with Crippen LogP contribution in [0.25, 0.3) is 0 Å². The first-order valence-corrected chi connectivity index (χ1v) is 8.28. The van der Waals surface area contributed by atoms with Gasteiger partial charge in [0.2, 0.25) is 0 Å². The highest BCUT2D eigenvalue weighted by Crippen LogP contribution is 2.56. The molecule has 0 bridgehead atoms. The molecule has 0 aromatic heterocycles. The summed E-state index contributed by atoms with van der Waals surface area (Å²) in [5, 5.41) is 0. The molecule has 1 saturated carbocycles. The molecule has 1 aromatic rings. The summed E-state index contributed by atoms with van der Waals surface area (Å²) in [6.07, 6.45) is 3.78. The summed E-state index contributed by atoms with van der Waals surface area (Å²) in [6, 6.07) is 4.08. The van der Waals surface area contributed by atoms with Crippen LogP contribution in [0.1, 0.15) is 51.5 Å². The molecule has 3 heteroatoms. The molecule has 1 aromatic carbocycles. The maximum Gasteiger partial charge on any atom is 0.141 e. The minimum Gasteiger partial charge on any atom is -0.496 e. The van der Waals surface area contributed by atoms with Crippen LogP contribution in [-0.2, 0) is 0 Å². The molecule has 110 valence electrons. The molecule has 0 amide bonds. The molecule has 3 rings (SSSR count).